The number of aromatic nitrogens is 1. The number of nitrogens with one attached hydrogen (secondary N) is 1. The summed E-state index contributed by atoms with van der Waals surface area (Å²) in [4.78, 5) is 2.75. The molecule has 0 radical (unpaired) electrons. The van der Waals surface area contributed by atoms with Gasteiger partial charge >= 0.3 is 0 Å². The van der Waals surface area contributed by atoms with Crippen molar-refractivity contribution in [3.63, 3.8) is 0 Å². The van der Waals surface area contributed by atoms with Gasteiger partial charge in [-0.25, -0.2) is 0 Å². The van der Waals surface area contributed by atoms with Gasteiger partial charge in [-0.15, -0.1) is 0 Å². The van der Waals surface area contributed by atoms with Gasteiger partial charge in [-0.2, -0.15) is 5.26 Å². The van der Waals surface area contributed by atoms with Gasteiger partial charge in [0.05, 0.1) is 4.47 Å². The van der Waals surface area contributed by atoms with Crippen molar-refractivity contribution in [1.82, 2.24) is 4.98 Å². The summed E-state index contributed by atoms with van der Waals surface area (Å²) in [5.41, 5.74) is 0.574. The van der Waals surface area contributed by atoms with E-state index in [2.05, 4.69) is 20.9 Å². The maximum absolute atomic E-state index is 8.30. The lowest BCUT2D eigenvalue weighted by Crippen LogP contribution is -1.68. The number of hydrogen-bond acceptors (Lipinski definition) is 1. The summed E-state index contributed by atoms with van der Waals surface area (Å²) >= 11 is 3.17. The molecule has 0 saturated carbocycles. The minimum atomic E-state index is 0.574. The molecule has 1 aromatic heterocycles. The van der Waals surface area contributed by atoms with Gasteiger partial charge in [0.15, 0.2) is 0 Å². The van der Waals surface area contributed by atoms with Crippen LogP contribution in [0.4, 0.5) is 0 Å². The topological polar surface area (TPSA) is 39.6 Å². The predicted octanol–water partition coefficient (Wildman–Crippen LogP) is 1.65. The zero-order valence-corrected chi connectivity index (χ0v) is 5.57. The van der Waals surface area contributed by atoms with Crippen molar-refractivity contribution in [3.05, 3.63) is 22.4 Å². The number of rotatable bonds is 0. The summed E-state index contributed by atoms with van der Waals surface area (Å²) in [5.74, 6) is 0. The summed E-state index contributed by atoms with van der Waals surface area (Å²) in [7, 11) is 0. The highest BCUT2D eigenvalue weighted by Gasteiger charge is 1.94. The summed E-state index contributed by atoms with van der Waals surface area (Å²) in [6.07, 6.45) is 1.71. The van der Waals surface area contributed by atoms with Crippen molar-refractivity contribution < 1.29 is 0 Å². The quantitative estimate of drug-likeness (QED) is 0.633. The van der Waals surface area contributed by atoms with Gasteiger partial charge in [-0.3, -0.25) is 0 Å². The molecule has 0 bridgehead atoms. The van der Waals surface area contributed by atoms with Gasteiger partial charge in [0.1, 0.15) is 11.8 Å². The van der Waals surface area contributed by atoms with Crippen molar-refractivity contribution in [1.29, 1.82) is 5.26 Å². The van der Waals surface area contributed by atoms with E-state index in [4.69, 9.17) is 5.26 Å². The summed E-state index contributed by atoms with van der Waals surface area (Å²) in [5, 5.41) is 8.30. The molecule has 1 N–H and O–H groups in total. The molecule has 0 aromatic carbocycles. The lowest BCUT2D eigenvalue weighted by Gasteiger charge is -1.75. The Morgan fingerprint density at radius 1 is 1.75 bits per heavy atom. The third kappa shape index (κ3) is 0.749. The third-order valence-corrected chi connectivity index (χ3v) is 1.47. The minimum absolute atomic E-state index is 0.574. The monoisotopic (exact) mass is 170 g/mol. The van der Waals surface area contributed by atoms with Crippen LogP contribution in [0.5, 0.6) is 0 Å². The number of nitrogens with zero attached hydrogens (tertiary/aromatic N) is 1. The Balaban J connectivity index is 3.15. The maximum atomic E-state index is 8.30. The first-order valence-electron chi connectivity index (χ1n) is 2.07. The third-order valence-electron chi connectivity index (χ3n) is 0.808. The van der Waals surface area contributed by atoms with E-state index in [0.29, 0.717) is 5.69 Å². The van der Waals surface area contributed by atoms with E-state index < -0.39 is 0 Å². The molecule has 1 heterocycles. The Morgan fingerprint density at radius 3 is 2.75 bits per heavy atom. The number of hydrogen-bond donors (Lipinski definition) is 1. The Hall–Kier alpha value is -0.750. The molecule has 1 rings (SSSR count). The zero-order valence-electron chi connectivity index (χ0n) is 3.98. The molecule has 0 fully saturated rings. The SMILES string of the molecule is N#Cc1[nH]ccc1Br. The standard InChI is InChI=1S/C5H3BrN2/c6-4-1-2-8-5(4)3-7/h1-2,8H. The number of aromatic amines is 1. The van der Waals surface area contributed by atoms with Gasteiger partial charge in [0, 0.05) is 6.20 Å². The molecule has 0 saturated heterocycles. The van der Waals surface area contributed by atoms with Gasteiger partial charge in [-0.05, 0) is 22.0 Å². The fraction of sp³-hybridized carbons (Fsp3) is 0. The lowest BCUT2D eigenvalue weighted by atomic mass is 10.5. The molecule has 0 unspecified atom stereocenters. The first-order chi connectivity index (χ1) is 3.84. The highest BCUT2D eigenvalue weighted by molar-refractivity contribution is 9.10. The number of halogens is 1. The van der Waals surface area contributed by atoms with Crippen LogP contribution in [-0.2, 0) is 0 Å². The van der Waals surface area contributed by atoms with Crippen molar-refractivity contribution in [2.75, 3.05) is 0 Å². The average molecular weight is 171 g/mol. The zero-order chi connectivity index (χ0) is 5.98. The molecule has 1 aromatic rings. The molecule has 0 amide bonds. The second kappa shape index (κ2) is 2.01. The lowest BCUT2D eigenvalue weighted by molar-refractivity contribution is 1.32. The molecule has 40 valence electrons. The van der Waals surface area contributed by atoms with Crippen LogP contribution in [0.1, 0.15) is 5.69 Å². The van der Waals surface area contributed by atoms with E-state index >= 15 is 0 Å². The Labute approximate surface area is 55.3 Å². The molecular weight excluding hydrogens is 168 g/mol. The van der Waals surface area contributed by atoms with E-state index in [1.54, 1.807) is 12.3 Å². The molecule has 0 atom stereocenters. The van der Waals surface area contributed by atoms with Crippen LogP contribution in [0.2, 0.25) is 0 Å². The molecule has 0 spiro atoms. The predicted molar refractivity (Wildman–Crippen MR) is 33.2 cm³/mol. The normalized spacial score (nSPS) is 8.50. The van der Waals surface area contributed by atoms with Crippen molar-refractivity contribution in [2.45, 2.75) is 0 Å². The molecule has 0 aliphatic rings. The molecule has 0 aliphatic carbocycles. The van der Waals surface area contributed by atoms with Crippen molar-refractivity contribution in [3.8, 4) is 6.07 Å². The van der Waals surface area contributed by atoms with E-state index in [9.17, 15) is 0 Å². The maximum Gasteiger partial charge on any atom is 0.131 e. The Morgan fingerprint density at radius 2 is 2.50 bits per heavy atom. The molecule has 0 aliphatic heterocycles. The van der Waals surface area contributed by atoms with Crippen molar-refractivity contribution in [2.24, 2.45) is 0 Å². The fourth-order valence-electron chi connectivity index (χ4n) is 0.436. The average Bonchev–Trinajstić information content (AvgIpc) is 2.14. The summed E-state index contributed by atoms with van der Waals surface area (Å²) in [6.45, 7) is 0. The molecular formula is C5H3BrN2. The Bertz CT molecular complexity index is 221. The smallest absolute Gasteiger partial charge is 0.131 e. The Kier molecular flexibility index (Phi) is 1.36. The first kappa shape index (κ1) is 5.39. The van der Waals surface area contributed by atoms with E-state index in [0.717, 1.165) is 4.47 Å². The summed E-state index contributed by atoms with van der Waals surface area (Å²) in [6, 6.07) is 3.76. The first-order valence-corrected chi connectivity index (χ1v) is 2.87. The number of nitriles is 1. The van der Waals surface area contributed by atoms with Gasteiger partial charge in [0.2, 0.25) is 0 Å². The van der Waals surface area contributed by atoms with Gasteiger partial charge in [0.25, 0.3) is 0 Å². The second-order valence-electron chi connectivity index (χ2n) is 1.31. The van der Waals surface area contributed by atoms with Crippen LogP contribution in [0.3, 0.4) is 0 Å². The largest absolute Gasteiger partial charge is 0.352 e. The van der Waals surface area contributed by atoms with Crippen LogP contribution in [0.15, 0.2) is 16.7 Å². The highest BCUT2D eigenvalue weighted by atomic mass is 79.9. The van der Waals surface area contributed by atoms with Crippen LogP contribution < -0.4 is 0 Å². The minimum Gasteiger partial charge on any atom is -0.352 e. The number of H-pyrrole nitrogens is 1. The van der Waals surface area contributed by atoms with Crippen LogP contribution in [0.25, 0.3) is 0 Å². The summed E-state index contributed by atoms with van der Waals surface area (Å²) < 4.78 is 0.819. The molecule has 3 heteroatoms. The highest BCUT2D eigenvalue weighted by Crippen LogP contribution is 2.11. The fourth-order valence-corrected chi connectivity index (χ4v) is 0.771. The second-order valence-corrected chi connectivity index (χ2v) is 2.17. The van der Waals surface area contributed by atoms with Crippen LogP contribution in [0, 0.1) is 11.3 Å². The molecule has 2 nitrogen and oxygen atoms in total. The van der Waals surface area contributed by atoms with E-state index in [1.807, 2.05) is 6.07 Å². The van der Waals surface area contributed by atoms with Crippen molar-refractivity contribution >= 4 is 15.9 Å². The van der Waals surface area contributed by atoms with E-state index in [1.165, 1.54) is 0 Å². The van der Waals surface area contributed by atoms with Gasteiger partial charge in [-0.1, -0.05) is 0 Å². The van der Waals surface area contributed by atoms with Gasteiger partial charge < -0.3 is 4.98 Å². The van der Waals surface area contributed by atoms with Crippen LogP contribution in [-0.4, -0.2) is 4.98 Å². The molecule has 8 heavy (non-hydrogen) atoms. The van der Waals surface area contributed by atoms with Crippen LogP contribution >= 0.6 is 15.9 Å². The van der Waals surface area contributed by atoms with E-state index in [-0.39, 0.29) is 0 Å².